The van der Waals surface area contributed by atoms with Crippen molar-refractivity contribution in [1.82, 2.24) is 28.7 Å². The molecule has 0 amide bonds. The molecule has 0 aliphatic carbocycles. The minimum absolute atomic E-state index is 0.0858. The largest absolute Gasteiger partial charge is 0.490 e. The third-order valence-electron chi connectivity index (χ3n) is 9.86. The van der Waals surface area contributed by atoms with Gasteiger partial charge in [0.05, 0.1) is 56.3 Å². The monoisotopic (exact) mass is 1180 g/mol. The molecular formula is C30H44Cl2N6O31P4. The van der Waals surface area contributed by atoms with Crippen molar-refractivity contribution in [3.63, 3.8) is 0 Å². The summed E-state index contributed by atoms with van der Waals surface area (Å²) in [6.45, 7) is -4.14. The predicted molar refractivity (Wildman–Crippen MR) is 232 cm³/mol. The van der Waals surface area contributed by atoms with Crippen LogP contribution in [0, 0.1) is 0 Å². The highest BCUT2D eigenvalue weighted by Crippen LogP contribution is 2.66. The molecule has 73 heavy (non-hydrogen) atoms. The third-order valence-corrected chi connectivity index (χ3v) is 14.7. The van der Waals surface area contributed by atoms with Gasteiger partial charge < -0.3 is 89.4 Å². The first-order valence-corrected chi connectivity index (χ1v) is 27.6. The van der Waals surface area contributed by atoms with Crippen molar-refractivity contribution in [3.8, 4) is 0 Å². The number of hydrogen-bond donors (Lipinski definition) is 17. The Morgan fingerprint density at radius 2 is 0.808 bits per heavy atom. The quantitative estimate of drug-likeness (QED) is 0.0559. The van der Waals surface area contributed by atoms with Gasteiger partial charge in [-0.2, -0.15) is 8.62 Å². The Morgan fingerprint density at radius 1 is 0.493 bits per heavy atom. The first kappa shape index (κ1) is 62.2. The van der Waals surface area contributed by atoms with Crippen LogP contribution >= 0.6 is 52.0 Å². The van der Waals surface area contributed by atoms with E-state index in [1.807, 2.05) is 15.0 Å². The van der Waals surface area contributed by atoms with Gasteiger partial charge in [0, 0.05) is 18.6 Å². The number of nitrogens with zero attached hydrogens (tertiary/aromatic N) is 3. The summed E-state index contributed by atoms with van der Waals surface area (Å²) in [5.41, 5.74) is -5.81. The maximum atomic E-state index is 11.9. The van der Waals surface area contributed by atoms with E-state index in [4.69, 9.17) is 71.8 Å². The van der Waals surface area contributed by atoms with E-state index >= 15 is 0 Å². The second-order valence-corrected chi connectivity index (χ2v) is 23.6. The molecule has 0 saturated carbocycles. The van der Waals surface area contributed by atoms with Crippen LogP contribution in [0.4, 0.5) is 0 Å². The SMILES string of the molecule is O=c1[nH]c(=O)n([C@@H]2O[C@H](CO)[C@H](O)C2O)cc1CO.O=c1[nH]c(=O)n([C@@H]2O[C@H](COP(=O)(Cl)Cl)[C@H](O)C2O)cc1CO.O=c1[nH]c(=O)n([C@@H]2O[C@H](COP(=O)(O)OP(=O)(O)OP(=O)(O)O)[C@H](O)C2O)cc1CO. The lowest BCUT2D eigenvalue weighted by Gasteiger charge is -2.19. The molecule has 0 radical (unpaired) electrons. The topological polar surface area (TPSA) is 581 Å². The van der Waals surface area contributed by atoms with Gasteiger partial charge in [-0.05, 0) is 22.5 Å². The van der Waals surface area contributed by atoms with E-state index in [2.05, 4.69) is 17.7 Å². The first-order chi connectivity index (χ1) is 33.7. The molecule has 0 spiro atoms. The van der Waals surface area contributed by atoms with Crippen molar-refractivity contribution < 1.29 is 121 Å². The van der Waals surface area contributed by atoms with Gasteiger partial charge in [0.15, 0.2) is 18.7 Å². The van der Waals surface area contributed by atoms with Crippen molar-refractivity contribution in [1.29, 1.82) is 0 Å². The number of nitrogens with one attached hydrogen (secondary N) is 3. The molecule has 6 rings (SSSR count). The number of aromatic nitrogens is 6. The lowest BCUT2D eigenvalue weighted by molar-refractivity contribution is -0.0552. The van der Waals surface area contributed by atoms with Gasteiger partial charge in [0.1, 0.15) is 54.9 Å². The highest BCUT2D eigenvalue weighted by Gasteiger charge is 2.48. The molecule has 3 aromatic heterocycles. The van der Waals surface area contributed by atoms with Gasteiger partial charge in [-0.1, -0.05) is 0 Å². The maximum absolute atomic E-state index is 11.9. The summed E-state index contributed by atoms with van der Waals surface area (Å²) >= 11 is 10.4. The Kier molecular flexibility index (Phi) is 21.5. The Labute approximate surface area is 411 Å². The average Bonchev–Trinajstić information content (AvgIpc) is 3.84. The lowest BCUT2D eigenvalue weighted by Crippen LogP contribution is -2.39. The van der Waals surface area contributed by atoms with Gasteiger partial charge in [-0.25, -0.2) is 28.1 Å². The number of phosphoric acid groups is 3. The van der Waals surface area contributed by atoms with Gasteiger partial charge >= 0.3 is 46.6 Å². The number of aliphatic hydroxyl groups is 10. The number of ether oxygens (including phenoxy) is 3. The van der Waals surface area contributed by atoms with Gasteiger partial charge in [0.2, 0.25) is 0 Å². The molecule has 3 fully saturated rings. The summed E-state index contributed by atoms with van der Waals surface area (Å²) in [5.74, 6) is 0. The number of halogens is 2. The van der Waals surface area contributed by atoms with Crippen molar-refractivity contribution in [3.05, 3.63) is 97.8 Å². The summed E-state index contributed by atoms with van der Waals surface area (Å²) in [7, 11) is -16.9. The fraction of sp³-hybridized carbons (Fsp3) is 0.600. The first-order valence-electron chi connectivity index (χ1n) is 19.6. The smallest absolute Gasteiger partial charge is 0.394 e. The number of H-pyrrole nitrogens is 3. The van der Waals surface area contributed by atoms with E-state index in [0.717, 1.165) is 27.7 Å². The highest BCUT2D eigenvalue weighted by atomic mass is 35.9. The van der Waals surface area contributed by atoms with Gasteiger partial charge in [0.25, 0.3) is 16.7 Å². The second-order valence-electron chi connectivity index (χ2n) is 14.9. The lowest BCUT2D eigenvalue weighted by atomic mass is 10.1. The third kappa shape index (κ3) is 16.4. The Balaban J connectivity index is 0.000000245. The number of aromatic amines is 3. The van der Waals surface area contributed by atoms with Crippen molar-refractivity contribution >= 4 is 52.0 Å². The second kappa shape index (κ2) is 25.2. The van der Waals surface area contributed by atoms with Crippen LogP contribution in [0.5, 0.6) is 0 Å². The molecule has 14 atom stereocenters. The molecule has 37 nitrogen and oxygen atoms in total. The molecule has 5 unspecified atom stereocenters. The van der Waals surface area contributed by atoms with Crippen LogP contribution in [0.25, 0.3) is 0 Å². The van der Waals surface area contributed by atoms with Crippen molar-refractivity contribution in [2.75, 3.05) is 19.8 Å². The molecular weight excluding hydrogens is 1140 g/mol. The molecule has 3 saturated heterocycles. The van der Waals surface area contributed by atoms with Crippen LogP contribution in [0.15, 0.2) is 47.4 Å². The molecule has 3 aliphatic rings. The molecule has 414 valence electrons. The summed E-state index contributed by atoms with van der Waals surface area (Å²) in [4.78, 5) is 111. The molecule has 3 aromatic rings. The van der Waals surface area contributed by atoms with Crippen LogP contribution in [0.3, 0.4) is 0 Å². The number of aliphatic hydroxyl groups excluding tert-OH is 10. The van der Waals surface area contributed by atoms with Crippen LogP contribution in [-0.4, -0.2) is 174 Å². The summed E-state index contributed by atoms with van der Waals surface area (Å²) in [6.07, 6.45) is -18.6. The Bertz CT molecular complexity index is 2970. The molecule has 43 heteroatoms. The average molecular weight is 1180 g/mol. The molecule has 17 N–H and O–H groups in total. The number of rotatable bonds is 17. The van der Waals surface area contributed by atoms with Crippen molar-refractivity contribution in [2.45, 2.75) is 93.4 Å². The van der Waals surface area contributed by atoms with E-state index in [9.17, 15) is 82.6 Å². The zero-order chi connectivity index (χ0) is 55.3. The molecule has 0 bridgehead atoms. The summed E-state index contributed by atoms with van der Waals surface area (Å²) < 4.78 is 78.4. The van der Waals surface area contributed by atoms with Crippen LogP contribution in [-0.2, 0) is 70.0 Å². The van der Waals surface area contributed by atoms with Crippen LogP contribution in [0.1, 0.15) is 35.4 Å². The predicted octanol–water partition coefficient (Wildman–Crippen LogP) is -7.12. The normalized spacial score (nSPS) is 28.9. The molecule has 0 aromatic carbocycles. The fourth-order valence-corrected chi connectivity index (χ4v) is 10.1. The van der Waals surface area contributed by atoms with Crippen LogP contribution < -0.4 is 33.7 Å². The van der Waals surface area contributed by atoms with E-state index in [0.29, 0.717) is 4.57 Å². The standard InChI is InChI=1S/C10H13Cl2N2O8P.C10H17N2O16P3.C10H14N2O7/c11-23(12,20)21-3-5-6(16)7(17)9(22-5)14-1-4(2-15)8(18)13-10(14)19;13-2-4-1-12(10(17)11-8(4)16)9-7(15)6(14)5(26-9)3-25-30(21,22)28-31(23,24)27-29(18,19)20;13-2-4-1-12(10(18)11-8(4)17)9-7(16)6(15)5(3-14)19-9/h1,5-7,9,15-17H,2-3H2,(H,13,18,19);1,5-7,9,13-15H,2-3H2,(H,21,22)(H,23,24)(H,11,16,17)(H2,18,19,20);1,5-7,9,13-16H,2-3H2,(H,11,17,18)/t3*5-,6+,7?,9-/m111/s1. The fourth-order valence-electron chi connectivity index (χ4n) is 6.42. The van der Waals surface area contributed by atoms with E-state index in [-0.39, 0.29) is 16.7 Å². The summed E-state index contributed by atoms with van der Waals surface area (Å²) in [5, 5.41) is 95.4. The van der Waals surface area contributed by atoms with Gasteiger partial charge in [-0.15, -0.1) is 0 Å². The maximum Gasteiger partial charge on any atom is 0.490 e. The highest BCUT2D eigenvalue weighted by molar-refractivity contribution is 8.05. The minimum atomic E-state index is -5.76. The summed E-state index contributed by atoms with van der Waals surface area (Å²) in [6, 6.07) is 0. The number of hydrogen-bond acceptors (Lipinski definition) is 27. The Morgan fingerprint density at radius 3 is 1.10 bits per heavy atom. The zero-order valence-electron chi connectivity index (χ0n) is 36.0. The Hall–Kier alpha value is -3.30. The van der Waals surface area contributed by atoms with Crippen LogP contribution in [0.2, 0.25) is 0 Å². The van der Waals surface area contributed by atoms with E-state index in [1.54, 1.807) is 0 Å². The molecule has 3 aliphatic heterocycles. The number of phosphoric ester groups is 1. The zero-order valence-corrected chi connectivity index (χ0v) is 41.1. The van der Waals surface area contributed by atoms with E-state index in [1.165, 1.54) is 0 Å². The minimum Gasteiger partial charge on any atom is -0.394 e. The van der Waals surface area contributed by atoms with Crippen molar-refractivity contribution in [2.24, 2.45) is 0 Å². The van der Waals surface area contributed by atoms with E-state index < -0.39 is 177 Å². The molecule has 6 heterocycles. The van der Waals surface area contributed by atoms with Gasteiger partial charge in [-0.3, -0.25) is 52.1 Å².